The number of sulfonamides is 1. The van der Waals surface area contributed by atoms with Crippen LogP contribution >= 0.6 is 11.3 Å². The van der Waals surface area contributed by atoms with E-state index in [2.05, 4.69) is 5.32 Å². The monoisotopic (exact) mass is 318 g/mol. The third kappa shape index (κ3) is 3.78. The molecule has 20 heavy (non-hydrogen) atoms. The zero-order chi connectivity index (χ0) is 14.6. The summed E-state index contributed by atoms with van der Waals surface area (Å²) < 4.78 is 30.9. The van der Waals surface area contributed by atoms with Crippen LogP contribution in [0.5, 0.6) is 0 Å². The lowest BCUT2D eigenvalue weighted by atomic mass is 10.2. The molecule has 8 heteroatoms. The summed E-state index contributed by atoms with van der Waals surface area (Å²) in [4.78, 5) is 11.8. The molecule has 6 nitrogen and oxygen atoms in total. The Morgan fingerprint density at radius 2 is 2.40 bits per heavy atom. The van der Waals surface area contributed by atoms with Crippen molar-refractivity contribution in [2.75, 3.05) is 26.7 Å². The summed E-state index contributed by atoms with van der Waals surface area (Å²) >= 11 is 1.14. The van der Waals surface area contributed by atoms with Crippen LogP contribution in [0.4, 0.5) is 0 Å². The fraction of sp³-hybridized carbons (Fsp3) is 0.583. The predicted molar refractivity (Wildman–Crippen MR) is 76.1 cm³/mol. The number of ether oxygens (including phenoxy) is 1. The average Bonchev–Trinajstić information content (AvgIpc) is 3.09. The summed E-state index contributed by atoms with van der Waals surface area (Å²) in [6.07, 6.45) is 2.00. The summed E-state index contributed by atoms with van der Waals surface area (Å²) in [6.45, 7) is 0.978. The first kappa shape index (κ1) is 15.4. The van der Waals surface area contributed by atoms with Crippen molar-refractivity contribution in [2.45, 2.75) is 23.2 Å². The normalized spacial score (nSPS) is 19.4. The van der Waals surface area contributed by atoms with E-state index >= 15 is 0 Å². The molecule has 0 aliphatic carbocycles. The average molecular weight is 318 g/mol. The summed E-state index contributed by atoms with van der Waals surface area (Å²) in [7, 11) is -2.16. The van der Waals surface area contributed by atoms with Crippen LogP contribution in [0, 0.1) is 0 Å². The van der Waals surface area contributed by atoms with E-state index in [1.54, 1.807) is 11.4 Å². The van der Waals surface area contributed by atoms with Crippen LogP contribution in [0.3, 0.4) is 0 Å². The summed E-state index contributed by atoms with van der Waals surface area (Å²) in [6, 6.07) is 3.20. The Morgan fingerprint density at radius 1 is 1.60 bits per heavy atom. The molecule has 1 amide bonds. The van der Waals surface area contributed by atoms with E-state index in [0.29, 0.717) is 6.54 Å². The van der Waals surface area contributed by atoms with E-state index in [4.69, 9.17) is 4.74 Å². The maximum Gasteiger partial charge on any atom is 0.252 e. The molecule has 112 valence electrons. The minimum atomic E-state index is -3.57. The van der Waals surface area contributed by atoms with Gasteiger partial charge in [-0.1, -0.05) is 6.07 Å². The number of nitrogens with zero attached hydrogens (tertiary/aromatic N) is 1. The number of likely N-dealkylation sites (N-methyl/N-ethyl adjacent to an activating group) is 1. The molecule has 0 radical (unpaired) electrons. The maximum atomic E-state index is 12.1. The van der Waals surface area contributed by atoms with Gasteiger partial charge in [0.1, 0.15) is 4.21 Å². The van der Waals surface area contributed by atoms with E-state index in [-0.39, 0.29) is 22.8 Å². The van der Waals surface area contributed by atoms with Crippen molar-refractivity contribution in [3.05, 3.63) is 17.5 Å². The molecule has 0 spiro atoms. The molecule has 0 bridgehead atoms. The largest absolute Gasteiger partial charge is 0.376 e. The molecule has 1 aliphatic heterocycles. The quantitative estimate of drug-likeness (QED) is 0.836. The van der Waals surface area contributed by atoms with Crippen LogP contribution in [0.25, 0.3) is 0 Å². The molecule has 0 aromatic carbocycles. The van der Waals surface area contributed by atoms with E-state index in [0.717, 1.165) is 35.1 Å². The first-order valence-electron chi connectivity index (χ1n) is 6.38. The molecule has 0 saturated carbocycles. The molecule has 1 saturated heterocycles. The molecule has 2 heterocycles. The fourth-order valence-corrected chi connectivity index (χ4v) is 4.27. The number of amides is 1. The first-order valence-corrected chi connectivity index (χ1v) is 8.70. The Balaban J connectivity index is 1.84. The summed E-state index contributed by atoms with van der Waals surface area (Å²) in [5, 5.41) is 4.40. The van der Waals surface area contributed by atoms with Crippen LogP contribution in [-0.4, -0.2) is 51.5 Å². The third-order valence-corrected chi connectivity index (χ3v) is 6.25. The lowest BCUT2D eigenvalue weighted by Crippen LogP contribution is -2.40. The van der Waals surface area contributed by atoms with Crippen LogP contribution < -0.4 is 5.32 Å². The van der Waals surface area contributed by atoms with Crippen LogP contribution in [-0.2, 0) is 19.6 Å². The number of carbonyl (C=O) groups is 1. The SMILES string of the molecule is CN(CC(=O)NCC1CCCO1)S(=O)(=O)c1cccs1. The molecule has 1 atom stereocenters. The number of carbonyl (C=O) groups excluding carboxylic acids is 1. The van der Waals surface area contributed by atoms with Crippen molar-refractivity contribution in [3.63, 3.8) is 0 Å². The van der Waals surface area contributed by atoms with Gasteiger partial charge in [-0.3, -0.25) is 4.79 Å². The molecule has 1 aliphatic rings. The van der Waals surface area contributed by atoms with Gasteiger partial charge in [0.2, 0.25) is 5.91 Å². The van der Waals surface area contributed by atoms with Crippen molar-refractivity contribution in [1.29, 1.82) is 0 Å². The highest BCUT2D eigenvalue weighted by Crippen LogP contribution is 2.19. The van der Waals surface area contributed by atoms with E-state index in [1.165, 1.54) is 13.1 Å². The van der Waals surface area contributed by atoms with E-state index in [9.17, 15) is 13.2 Å². The Bertz CT molecular complexity index is 536. The lowest BCUT2D eigenvalue weighted by molar-refractivity contribution is -0.121. The highest BCUT2D eigenvalue weighted by Gasteiger charge is 2.24. The van der Waals surface area contributed by atoms with E-state index < -0.39 is 10.0 Å². The van der Waals surface area contributed by atoms with Gasteiger partial charge in [0.25, 0.3) is 10.0 Å². The van der Waals surface area contributed by atoms with Crippen LogP contribution in [0.15, 0.2) is 21.7 Å². The second-order valence-corrected chi connectivity index (χ2v) is 7.85. The van der Waals surface area contributed by atoms with Crippen LogP contribution in [0.1, 0.15) is 12.8 Å². The minimum Gasteiger partial charge on any atom is -0.376 e. The topological polar surface area (TPSA) is 75.7 Å². The number of nitrogens with one attached hydrogen (secondary N) is 1. The zero-order valence-electron chi connectivity index (χ0n) is 11.2. The van der Waals surface area contributed by atoms with Gasteiger partial charge in [-0.2, -0.15) is 4.31 Å². The highest BCUT2D eigenvalue weighted by atomic mass is 32.2. The predicted octanol–water partition coefficient (Wildman–Crippen LogP) is 0.664. The van der Waals surface area contributed by atoms with Gasteiger partial charge in [-0.05, 0) is 24.3 Å². The summed E-state index contributed by atoms with van der Waals surface area (Å²) in [5.41, 5.74) is 0. The Hall–Kier alpha value is -0.960. The molecule has 1 unspecified atom stereocenters. The van der Waals surface area contributed by atoms with Crippen molar-refractivity contribution in [3.8, 4) is 0 Å². The van der Waals surface area contributed by atoms with Crippen LogP contribution in [0.2, 0.25) is 0 Å². The van der Waals surface area contributed by atoms with Gasteiger partial charge in [0, 0.05) is 20.2 Å². The molecule has 1 N–H and O–H groups in total. The smallest absolute Gasteiger partial charge is 0.252 e. The second-order valence-electron chi connectivity index (χ2n) is 4.63. The molecule has 2 rings (SSSR count). The van der Waals surface area contributed by atoms with Gasteiger partial charge in [0.15, 0.2) is 0 Å². The Morgan fingerprint density at radius 3 is 3.00 bits per heavy atom. The molecule has 1 aromatic heterocycles. The highest BCUT2D eigenvalue weighted by molar-refractivity contribution is 7.91. The number of thiophene rings is 1. The van der Waals surface area contributed by atoms with Gasteiger partial charge in [-0.25, -0.2) is 8.42 Å². The number of hydrogen-bond acceptors (Lipinski definition) is 5. The standard InChI is InChI=1S/C12H18N2O4S2/c1-14(20(16,17)12-5-3-7-19-12)9-11(15)13-8-10-4-2-6-18-10/h3,5,7,10H,2,4,6,8-9H2,1H3,(H,13,15). The molecule has 1 fully saturated rings. The van der Waals surface area contributed by atoms with Gasteiger partial charge in [-0.15, -0.1) is 11.3 Å². The number of hydrogen-bond donors (Lipinski definition) is 1. The fourth-order valence-electron chi connectivity index (χ4n) is 1.94. The third-order valence-electron chi connectivity index (χ3n) is 3.08. The van der Waals surface area contributed by atoms with E-state index in [1.807, 2.05) is 0 Å². The Kier molecular flexibility index (Phi) is 5.14. The van der Waals surface area contributed by atoms with Crippen molar-refractivity contribution >= 4 is 27.3 Å². The molecular weight excluding hydrogens is 300 g/mol. The second kappa shape index (κ2) is 6.66. The Labute approximate surface area is 122 Å². The minimum absolute atomic E-state index is 0.0539. The first-order chi connectivity index (χ1) is 9.50. The number of rotatable bonds is 6. The van der Waals surface area contributed by atoms with Gasteiger partial charge >= 0.3 is 0 Å². The van der Waals surface area contributed by atoms with Crippen molar-refractivity contribution in [1.82, 2.24) is 9.62 Å². The summed E-state index contributed by atoms with van der Waals surface area (Å²) in [5.74, 6) is -0.317. The zero-order valence-corrected chi connectivity index (χ0v) is 12.9. The maximum absolute atomic E-state index is 12.1. The molecular formula is C12H18N2O4S2. The lowest BCUT2D eigenvalue weighted by Gasteiger charge is -2.16. The van der Waals surface area contributed by atoms with Crippen molar-refractivity contribution in [2.24, 2.45) is 0 Å². The molecule has 1 aromatic rings. The van der Waals surface area contributed by atoms with Gasteiger partial charge < -0.3 is 10.1 Å². The van der Waals surface area contributed by atoms with Crippen molar-refractivity contribution < 1.29 is 17.9 Å². The van der Waals surface area contributed by atoms with Gasteiger partial charge in [0.05, 0.1) is 12.6 Å².